The number of nitrogens with one attached hydrogen (secondary N) is 1. The van der Waals surface area contributed by atoms with Crippen LogP contribution >= 0.6 is 23.4 Å². The van der Waals surface area contributed by atoms with E-state index in [1.54, 1.807) is 30.3 Å². The molecule has 2 aromatic rings. The summed E-state index contributed by atoms with van der Waals surface area (Å²) in [7, 11) is -3.40. The fourth-order valence-corrected chi connectivity index (χ4v) is 3.45. The number of benzene rings is 2. The summed E-state index contributed by atoms with van der Waals surface area (Å²) < 4.78 is 25.4. The van der Waals surface area contributed by atoms with Crippen molar-refractivity contribution in [2.24, 2.45) is 0 Å². The quantitative estimate of drug-likeness (QED) is 0.821. The van der Waals surface area contributed by atoms with Gasteiger partial charge in [0.05, 0.1) is 11.9 Å². The molecule has 1 N–H and O–H groups in total. The van der Waals surface area contributed by atoms with Gasteiger partial charge in [0.25, 0.3) is 0 Å². The van der Waals surface area contributed by atoms with Gasteiger partial charge in [0, 0.05) is 20.4 Å². The maximum atomic E-state index is 11.5. The smallest absolute Gasteiger partial charge is 0.229 e. The molecule has 0 aliphatic carbocycles. The summed E-state index contributed by atoms with van der Waals surface area (Å²) in [4.78, 5) is 13.1. The Morgan fingerprint density at radius 3 is 2.32 bits per heavy atom. The molecule has 7 heteroatoms. The van der Waals surface area contributed by atoms with E-state index >= 15 is 0 Å². The van der Waals surface area contributed by atoms with Gasteiger partial charge in [0.2, 0.25) is 10.0 Å². The van der Waals surface area contributed by atoms with Gasteiger partial charge < -0.3 is 0 Å². The molecule has 0 bridgehead atoms. The van der Waals surface area contributed by atoms with Crippen molar-refractivity contribution in [2.75, 3.05) is 11.0 Å². The largest absolute Gasteiger partial charge is 0.295 e. The topological polar surface area (TPSA) is 63.2 Å². The Morgan fingerprint density at radius 1 is 1.14 bits per heavy atom. The second-order valence-electron chi connectivity index (χ2n) is 4.70. The first-order chi connectivity index (χ1) is 10.2. The van der Waals surface area contributed by atoms with Gasteiger partial charge in [-0.05, 0) is 49.4 Å². The van der Waals surface area contributed by atoms with Gasteiger partial charge in [-0.25, -0.2) is 8.42 Å². The van der Waals surface area contributed by atoms with E-state index < -0.39 is 10.0 Å². The lowest BCUT2D eigenvalue weighted by Crippen LogP contribution is -2.10. The first-order valence-electron chi connectivity index (χ1n) is 6.31. The Balaban J connectivity index is 2.42. The van der Waals surface area contributed by atoms with E-state index in [2.05, 4.69) is 4.72 Å². The molecule has 0 saturated carbocycles. The Morgan fingerprint density at radius 2 is 1.77 bits per heavy atom. The van der Waals surface area contributed by atoms with Crippen molar-refractivity contribution in [3.05, 3.63) is 53.1 Å². The van der Waals surface area contributed by atoms with Gasteiger partial charge in [-0.3, -0.25) is 9.52 Å². The number of carbonyl (C=O) groups excluding carboxylic acids is 1. The molecule has 0 amide bonds. The average Bonchev–Trinajstić information content (AvgIpc) is 2.41. The molecule has 0 atom stereocenters. The summed E-state index contributed by atoms with van der Waals surface area (Å²) in [5, 5.41) is 0.622. The summed E-state index contributed by atoms with van der Waals surface area (Å²) in [6.45, 7) is 1.47. The highest BCUT2D eigenvalue weighted by Crippen LogP contribution is 2.35. The zero-order valence-electron chi connectivity index (χ0n) is 12.0. The lowest BCUT2D eigenvalue weighted by Gasteiger charge is -2.12. The number of hydrogen-bond donors (Lipinski definition) is 1. The minimum Gasteiger partial charge on any atom is -0.295 e. The van der Waals surface area contributed by atoms with Crippen molar-refractivity contribution in [1.82, 2.24) is 0 Å². The zero-order valence-corrected chi connectivity index (χ0v) is 14.3. The van der Waals surface area contributed by atoms with Gasteiger partial charge in [-0.1, -0.05) is 23.4 Å². The summed E-state index contributed by atoms with van der Waals surface area (Å²) in [5.74, 6) is -0.0798. The van der Waals surface area contributed by atoms with Crippen LogP contribution in [0.1, 0.15) is 17.3 Å². The maximum Gasteiger partial charge on any atom is 0.229 e. The Kier molecular flexibility index (Phi) is 5.16. The molecule has 0 aromatic heterocycles. The van der Waals surface area contributed by atoms with Gasteiger partial charge in [-0.2, -0.15) is 0 Å². The Labute approximate surface area is 138 Å². The summed E-state index contributed by atoms with van der Waals surface area (Å²) in [6.07, 6.45) is 1.09. The number of ketones is 1. The number of Topliss-reactive ketones (excluding diaryl/α,β-unsaturated/α-hetero) is 1. The van der Waals surface area contributed by atoms with Crippen LogP contribution in [0.2, 0.25) is 5.02 Å². The van der Waals surface area contributed by atoms with E-state index in [-0.39, 0.29) is 5.78 Å². The average molecular weight is 356 g/mol. The fourth-order valence-electron chi connectivity index (χ4n) is 1.74. The fraction of sp³-hybridized carbons (Fsp3) is 0.133. The molecule has 0 fully saturated rings. The normalized spacial score (nSPS) is 11.2. The van der Waals surface area contributed by atoms with E-state index in [0.29, 0.717) is 21.2 Å². The monoisotopic (exact) mass is 355 g/mol. The first kappa shape index (κ1) is 16.9. The molecule has 2 rings (SSSR count). The zero-order chi connectivity index (χ0) is 16.3. The van der Waals surface area contributed by atoms with E-state index in [0.717, 1.165) is 11.2 Å². The van der Waals surface area contributed by atoms with Crippen molar-refractivity contribution >= 4 is 44.9 Å². The molecule has 0 aliphatic heterocycles. The molecule has 116 valence electrons. The third-order valence-corrected chi connectivity index (χ3v) is 4.63. The molecule has 0 heterocycles. The van der Waals surface area contributed by atoms with Crippen molar-refractivity contribution in [1.29, 1.82) is 0 Å². The standard InChI is InChI=1S/C15H14ClNO3S2/c1-10(18)11-3-8-14(17-22(2,19)20)15(9-11)21-13-6-4-12(16)5-7-13/h3-9,17H,1-2H3. The molecular formula is C15H14ClNO3S2. The molecule has 22 heavy (non-hydrogen) atoms. The molecule has 0 saturated heterocycles. The maximum absolute atomic E-state index is 11.5. The highest BCUT2D eigenvalue weighted by molar-refractivity contribution is 7.99. The summed E-state index contributed by atoms with van der Waals surface area (Å²) >= 11 is 7.21. The minimum atomic E-state index is -3.40. The number of hydrogen-bond acceptors (Lipinski definition) is 4. The van der Waals surface area contributed by atoms with Gasteiger partial charge in [0.1, 0.15) is 0 Å². The van der Waals surface area contributed by atoms with E-state index in [1.807, 2.05) is 12.1 Å². The Bertz CT molecular complexity index is 802. The molecule has 2 aromatic carbocycles. The van der Waals surface area contributed by atoms with Crippen LogP contribution < -0.4 is 4.72 Å². The number of halogens is 1. The van der Waals surface area contributed by atoms with Crippen LogP contribution in [-0.4, -0.2) is 20.5 Å². The summed E-state index contributed by atoms with van der Waals surface area (Å²) in [6, 6.07) is 12.0. The lowest BCUT2D eigenvalue weighted by atomic mass is 10.1. The van der Waals surface area contributed by atoms with Crippen LogP contribution in [0, 0.1) is 0 Å². The molecule has 0 radical (unpaired) electrons. The molecule has 0 aliphatic rings. The number of anilines is 1. The van der Waals surface area contributed by atoms with Crippen molar-refractivity contribution < 1.29 is 13.2 Å². The molecule has 0 spiro atoms. The van der Waals surface area contributed by atoms with Crippen LogP contribution in [0.5, 0.6) is 0 Å². The lowest BCUT2D eigenvalue weighted by molar-refractivity contribution is 0.101. The minimum absolute atomic E-state index is 0.0798. The molecule has 0 unspecified atom stereocenters. The van der Waals surface area contributed by atoms with Crippen LogP contribution in [0.4, 0.5) is 5.69 Å². The van der Waals surface area contributed by atoms with Gasteiger partial charge in [-0.15, -0.1) is 0 Å². The number of rotatable bonds is 5. The van der Waals surface area contributed by atoms with Crippen LogP contribution in [-0.2, 0) is 10.0 Å². The van der Waals surface area contributed by atoms with Gasteiger partial charge in [0.15, 0.2) is 5.78 Å². The predicted molar refractivity (Wildman–Crippen MR) is 90.5 cm³/mol. The number of sulfonamides is 1. The Hall–Kier alpha value is -1.50. The van der Waals surface area contributed by atoms with Crippen LogP contribution in [0.3, 0.4) is 0 Å². The first-order valence-corrected chi connectivity index (χ1v) is 9.39. The predicted octanol–water partition coefficient (Wildman–Crippen LogP) is 4.07. The highest BCUT2D eigenvalue weighted by Gasteiger charge is 2.11. The highest BCUT2D eigenvalue weighted by atomic mass is 35.5. The molecular weight excluding hydrogens is 342 g/mol. The van der Waals surface area contributed by atoms with Crippen LogP contribution in [0.15, 0.2) is 52.3 Å². The number of carbonyl (C=O) groups is 1. The van der Waals surface area contributed by atoms with E-state index in [1.165, 1.54) is 18.7 Å². The third-order valence-electron chi connectivity index (χ3n) is 2.72. The molecule has 4 nitrogen and oxygen atoms in total. The van der Waals surface area contributed by atoms with Crippen molar-refractivity contribution in [2.45, 2.75) is 16.7 Å². The third kappa shape index (κ3) is 4.76. The van der Waals surface area contributed by atoms with E-state index in [9.17, 15) is 13.2 Å². The second kappa shape index (κ2) is 6.73. The second-order valence-corrected chi connectivity index (χ2v) is 8.00. The van der Waals surface area contributed by atoms with E-state index in [4.69, 9.17) is 11.6 Å². The summed E-state index contributed by atoms with van der Waals surface area (Å²) in [5.41, 5.74) is 0.961. The van der Waals surface area contributed by atoms with Crippen LogP contribution in [0.25, 0.3) is 0 Å². The van der Waals surface area contributed by atoms with Crippen molar-refractivity contribution in [3.8, 4) is 0 Å². The SMILES string of the molecule is CC(=O)c1ccc(NS(C)(=O)=O)c(Sc2ccc(Cl)cc2)c1. The van der Waals surface area contributed by atoms with Gasteiger partial charge >= 0.3 is 0 Å². The van der Waals surface area contributed by atoms with Crippen molar-refractivity contribution in [3.63, 3.8) is 0 Å².